The van der Waals surface area contributed by atoms with E-state index in [1.807, 2.05) is 36.7 Å². The Bertz CT molecular complexity index is 579. The number of nitrogens with one attached hydrogen (secondary N) is 1. The number of hydrazine groups is 1. The van der Waals surface area contributed by atoms with Crippen molar-refractivity contribution in [1.82, 2.24) is 15.2 Å². The van der Waals surface area contributed by atoms with Gasteiger partial charge < -0.3 is 4.74 Å². The Labute approximate surface area is 126 Å². The van der Waals surface area contributed by atoms with Gasteiger partial charge in [-0.1, -0.05) is 12.1 Å². The first kappa shape index (κ1) is 15.5. The maximum Gasteiger partial charge on any atom is 0.119 e. The Morgan fingerprint density at radius 1 is 1.33 bits per heavy atom. The van der Waals surface area contributed by atoms with Crippen LogP contribution in [-0.2, 0) is 13.0 Å². The Balaban J connectivity index is 2.21. The first-order valence-electron chi connectivity index (χ1n) is 7.40. The second-order valence-corrected chi connectivity index (χ2v) is 5.02. The summed E-state index contributed by atoms with van der Waals surface area (Å²) in [6.07, 6.45) is 0.792. The fourth-order valence-corrected chi connectivity index (χ4v) is 2.51. The third kappa shape index (κ3) is 3.83. The molecule has 1 heterocycles. The van der Waals surface area contributed by atoms with Crippen molar-refractivity contribution in [3.63, 3.8) is 0 Å². The smallest absolute Gasteiger partial charge is 0.119 e. The summed E-state index contributed by atoms with van der Waals surface area (Å²) >= 11 is 0. The number of rotatable bonds is 7. The molecule has 1 unspecified atom stereocenters. The lowest BCUT2D eigenvalue weighted by Gasteiger charge is -2.17. The van der Waals surface area contributed by atoms with Crippen LogP contribution in [-0.4, -0.2) is 16.4 Å². The number of nitrogens with two attached hydrogens (primary N) is 1. The van der Waals surface area contributed by atoms with E-state index in [4.69, 9.17) is 10.6 Å². The molecule has 21 heavy (non-hydrogen) atoms. The molecule has 0 aliphatic rings. The topological polar surface area (TPSA) is 65.1 Å². The second kappa shape index (κ2) is 7.24. The molecule has 2 rings (SSSR count). The van der Waals surface area contributed by atoms with Gasteiger partial charge in [0, 0.05) is 18.7 Å². The summed E-state index contributed by atoms with van der Waals surface area (Å²) in [5, 5.41) is 4.48. The third-order valence-electron chi connectivity index (χ3n) is 3.47. The molecule has 0 aliphatic carbocycles. The van der Waals surface area contributed by atoms with Crippen molar-refractivity contribution in [2.45, 2.75) is 39.8 Å². The molecule has 3 N–H and O–H groups in total. The van der Waals surface area contributed by atoms with Gasteiger partial charge >= 0.3 is 0 Å². The minimum atomic E-state index is 0.0341. The fraction of sp³-hybridized carbons (Fsp3) is 0.438. The summed E-state index contributed by atoms with van der Waals surface area (Å²) in [6, 6.07) is 10.2. The molecule has 0 saturated heterocycles. The number of hydrogen-bond acceptors (Lipinski definition) is 4. The number of aryl methyl sites for hydroxylation is 2. The van der Waals surface area contributed by atoms with Crippen LogP contribution in [0.1, 0.15) is 36.8 Å². The largest absolute Gasteiger partial charge is 0.494 e. The van der Waals surface area contributed by atoms with E-state index in [1.54, 1.807) is 0 Å². The molecule has 0 fully saturated rings. The van der Waals surface area contributed by atoms with Gasteiger partial charge in [0.1, 0.15) is 5.75 Å². The minimum absolute atomic E-state index is 0.0341. The van der Waals surface area contributed by atoms with E-state index in [0.717, 1.165) is 30.0 Å². The van der Waals surface area contributed by atoms with Gasteiger partial charge in [-0.05, 0) is 44.5 Å². The molecule has 0 bridgehead atoms. The van der Waals surface area contributed by atoms with Crippen LogP contribution in [0.15, 0.2) is 30.3 Å². The maximum absolute atomic E-state index is 5.75. The lowest BCUT2D eigenvalue weighted by molar-refractivity contribution is 0.339. The molecule has 0 saturated carbocycles. The Morgan fingerprint density at radius 2 is 2.14 bits per heavy atom. The normalized spacial score (nSPS) is 12.4. The van der Waals surface area contributed by atoms with Crippen LogP contribution in [0.2, 0.25) is 0 Å². The number of aromatic nitrogens is 2. The Morgan fingerprint density at radius 3 is 2.81 bits per heavy atom. The van der Waals surface area contributed by atoms with Gasteiger partial charge in [-0.25, -0.2) is 0 Å². The number of ether oxygens (including phenoxy) is 1. The highest BCUT2D eigenvalue weighted by molar-refractivity contribution is 5.31. The van der Waals surface area contributed by atoms with Crippen LogP contribution in [0.4, 0.5) is 0 Å². The van der Waals surface area contributed by atoms with Gasteiger partial charge in [-0.15, -0.1) is 0 Å². The predicted octanol–water partition coefficient (Wildman–Crippen LogP) is 2.36. The first-order valence-corrected chi connectivity index (χ1v) is 7.40. The zero-order valence-corrected chi connectivity index (χ0v) is 13.0. The van der Waals surface area contributed by atoms with Gasteiger partial charge in [-0.2, -0.15) is 5.10 Å². The van der Waals surface area contributed by atoms with Crippen molar-refractivity contribution in [2.24, 2.45) is 5.84 Å². The van der Waals surface area contributed by atoms with Gasteiger partial charge in [0.15, 0.2) is 0 Å². The fourth-order valence-electron chi connectivity index (χ4n) is 2.51. The summed E-state index contributed by atoms with van der Waals surface area (Å²) in [6.45, 7) is 7.60. The van der Waals surface area contributed by atoms with Crippen LogP contribution in [0, 0.1) is 6.92 Å². The van der Waals surface area contributed by atoms with Crippen molar-refractivity contribution in [1.29, 1.82) is 0 Å². The van der Waals surface area contributed by atoms with E-state index in [-0.39, 0.29) is 6.04 Å². The molecule has 1 aromatic heterocycles. The lowest BCUT2D eigenvalue weighted by atomic mass is 10.0. The standard InChI is InChI=1S/C16H24N4O/c1-4-20-14(9-12(3)19-20)11-16(18-17)13-7-6-8-15(10-13)21-5-2/h6-10,16,18H,4-5,11,17H2,1-3H3. The average Bonchev–Trinajstić information content (AvgIpc) is 2.85. The monoisotopic (exact) mass is 288 g/mol. The molecule has 0 radical (unpaired) electrons. The summed E-state index contributed by atoms with van der Waals surface area (Å²) in [5.74, 6) is 6.63. The van der Waals surface area contributed by atoms with E-state index < -0.39 is 0 Å². The Kier molecular flexibility index (Phi) is 5.36. The molecule has 2 aromatic rings. The van der Waals surface area contributed by atoms with E-state index in [9.17, 15) is 0 Å². The van der Waals surface area contributed by atoms with Crippen LogP contribution in [0.25, 0.3) is 0 Å². The van der Waals surface area contributed by atoms with E-state index in [1.165, 1.54) is 5.69 Å². The van der Waals surface area contributed by atoms with Gasteiger partial charge in [0.25, 0.3) is 0 Å². The van der Waals surface area contributed by atoms with Crippen molar-refractivity contribution in [3.8, 4) is 5.75 Å². The molecule has 0 spiro atoms. The van der Waals surface area contributed by atoms with Gasteiger partial charge in [-0.3, -0.25) is 16.0 Å². The van der Waals surface area contributed by atoms with Gasteiger partial charge in [0.2, 0.25) is 0 Å². The summed E-state index contributed by atoms with van der Waals surface area (Å²) < 4.78 is 7.57. The predicted molar refractivity (Wildman–Crippen MR) is 84.0 cm³/mol. The summed E-state index contributed by atoms with van der Waals surface area (Å²) in [4.78, 5) is 0. The highest BCUT2D eigenvalue weighted by Gasteiger charge is 2.14. The quantitative estimate of drug-likeness (QED) is 0.606. The molecule has 5 nitrogen and oxygen atoms in total. The molecule has 1 atom stereocenters. The summed E-state index contributed by atoms with van der Waals surface area (Å²) in [7, 11) is 0. The van der Waals surface area contributed by atoms with Crippen molar-refractivity contribution in [3.05, 3.63) is 47.3 Å². The van der Waals surface area contributed by atoms with E-state index in [2.05, 4.69) is 29.6 Å². The van der Waals surface area contributed by atoms with Gasteiger partial charge in [0.05, 0.1) is 18.3 Å². The SMILES string of the molecule is CCOc1cccc(C(Cc2cc(C)nn2CC)NN)c1. The highest BCUT2D eigenvalue weighted by atomic mass is 16.5. The molecule has 0 amide bonds. The summed E-state index contributed by atoms with van der Waals surface area (Å²) in [5.41, 5.74) is 6.23. The van der Waals surface area contributed by atoms with Crippen LogP contribution in [0.3, 0.4) is 0 Å². The Hall–Kier alpha value is -1.85. The molecular formula is C16H24N4O. The average molecular weight is 288 g/mol. The second-order valence-electron chi connectivity index (χ2n) is 5.02. The number of hydrogen-bond donors (Lipinski definition) is 2. The molecule has 114 valence electrons. The van der Waals surface area contributed by atoms with Crippen LogP contribution < -0.4 is 16.0 Å². The number of nitrogens with zero attached hydrogens (tertiary/aromatic N) is 2. The maximum atomic E-state index is 5.75. The van der Waals surface area contributed by atoms with Crippen molar-refractivity contribution < 1.29 is 4.74 Å². The molecular weight excluding hydrogens is 264 g/mol. The zero-order chi connectivity index (χ0) is 15.2. The van der Waals surface area contributed by atoms with E-state index in [0.29, 0.717) is 6.61 Å². The molecule has 1 aromatic carbocycles. The van der Waals surface area contributed by atoms with E-state index >= 15 is 0 Å². The van der Waals surface area contributed by atoms with Crippen LogP contribution >= 0.6 is 0 Å². The minimum Gasteiger partial charge on any atom is -0.494 e. The third-order valence-corrected chi connectivity index (χ3v) is 3.47. The first-order chi connectivity index (χ1) is 10.2. The highest BCUT2D eigenvalue weighted by Crippen LogP contribution is 2.22. The number of benzene rings is 1. The van der Waals surface area contributed by atoms with Crippen LogP contribution in [0.5, 0.6) is 5.75 Å². The lowest BCUT2D eigenvalue weighted by Crippen LogP contribution is -2.30. The van der Waals surface area contributed by atoms with Crippen molar-refractivity contribution in [2.75, 3.05) is 6.61 Å². The molecule has 5 heteroatoms. The van der Waals surface area contributed by atoms with Crippen molar-refractivity contribution >= 4 is 0 Å². The zero-order valence-electron chi connectivity index (χ0n) is 13.0. The molecule has 0 aliphatic heterocycles.